The Labute approximate surface area is 179 Å². The normalized spacial score (nSPS) is 15.4. The maximum atomic E-state index is 5.38. The van der Waals surface area contributed by atoms with Gasteiger partial charge in [-0.2, -0.15) is 0 Å². The van der Waals surface area contributed by atoms with Crippen LogP contribution in [0.25, 0.3) is 0 Å². The number of nitrogens with one attached hydrogen (secondary N) is 2. The Kier molecular flexibility index (Phi) is 7.70. The van der Waals surface area contributed by atoms with E-state index in [1.165, 1.54) is 24.0 Å². The van der Waals surface area contributed by atoms with Crippen LogP contribution in [0.5, 0.6) is 0 Å². The van der Waals surface area contributed by atoms with Crippen molar-refractivity contribution in [1.82, 2.24) is 15.8 Å². The Morgan fingerprint density at radius 1 is 1.26 bits per heavy atom. The minimum absolute atomic E-state index is 0. The Balaban J connectivity index is 0.00000261. The van der Waals surface area contributed by atoms with E-state index < -0.39 is 0 Å². The lowest BCUT2D eigenvalue weighted by Gasteiger charge is -2.20. The van der Waals surface area contributed by atoms with Crippen molar-refractivity contribution in [3.05, 3.63) is 52.9 Å². The van der Waals surface area contributed by atoms with Crippen molar-refractivity contribution in [1.29, 1.82) is 0 Å². The van der Waals surface area contributed by atoms with Crippen molar-refractivity contribution in [3.8, 4) is 0 Å². The predicted molar refractivity (Wildman–Crippen MR) is 121 cm³/mol. The summed E-state index contributed by atoms with van der Waals surface area (Å²) in [6.45, 7) is 10.7. The van der Waals surface area contributed by atoms with Gasteiger partial charge in [0.25, 0.3) is 0 Å². The van der Waals surface area contributed by atoms with Crippen molar-refractivity contribution in [2.24, 2.45) is 4.99 Å². The van der Waals surface area contributed by atoms with Crippen LogP contribution in [0.4, 0.5) is 0 Å². The minimum atomic E-state index is 0. The standard InChI is InChI=1S/C21H30N4O.HI/c1-5-22-20(23-13-17-12-19(15(2)3)25-26-17)24-14-21(10-11-21)18-9-7-6-8-16(18)4;/h6-9,12,15H,5,10-11,13-14H2,1-4H3,(H2,22,23,24);1H. The Bertz CT molecular complexity index is 765. The predicted octanol–water partition coefficient (Wildman–Crippen LogP) is 4.51. The number of halogens is 1. The first-order chi connectivity index (χ1) is 12.5. The summed E-state index contributed by atoms with van der Waals surface area (Å²) in [6, 6.07) is 10.7. The monoisotopic (exact) mass is 482 g/mol. The van der Waals surface area contributed by atoms with Crippen LogP contribution in [-0.2, 0) is 12.0 Å². The second-order valence-corrected chi connectivity index (χ2v) is 7.52. The van der Waals surface area contributed by atoms with Crippen LogP contribution in [0.2, 0.25) is 0 Å². The number of aromatic nitrogens is 1. The molecule has 0 radical (unpaired) electrons. The van der Waals surface area contributed by atoms with E-state index in [9.17, 15) is 0 Å². The molecule has 1 saturated carbocycles. The largest absolute Gasteiger partial charge is 0.359 e. The third-order valence-corrected chi connectivity index (χ3v) is 5.07. The van der Waals surface area contributed by atoms with Crippen LogP contribution in [0.15, 0.2) is 39.8 Å². The molecule has 0 aliphatic heterocycles. The molecule has 0 saturated heterocycles. The number of nitrogens with zero attached hydrogens (tertiary/aromatic N) is 2. The molecule has 1 aromatic heterocycles. The van der Waals surface area contributed by atoms with Crippen LogP contribution in [0, 0.1) is 6.92 Å². The molecule has 0 unspecified atom stereocenters. The van der Waals surface area contributed by atoms with E-state index in [0.717, 1.165) is 30.5 Å². The molecule has 0 atom stereocenters. The zero-order chi connectivity index (χ0) is 18.6. The van der Waals surface area contributed by atoms with Crippen LogP contribution in [0.1, 0.15) is 62.1 Å². The molecule has 0 spiro atoms. The first-order valence-electron chi connectivity index (χ1n) is 9.58. The molecule has 2 N–H and O–H groups in total. The highest BCUT2D eigenvalue weighted by molar-refractivity contribution is 14.0. The Morgan fingerprint density at radius 2 is 2.00 bits per heavy atom. The van der Waals surface area contributed by atoms with E-state index in [2.05, 4.69) is 72.7 Å². The molecule has 6 heteroatoms. The minimum Gasteiger partial charge on any atom is -0.359 e. The van der Waals surface area contributed by atoms with Crippen molar-refractivity contribution >= 4 is 29.9 Å². The summed E-state index contributed by atoms with van der Waals surface area (Å²) in [5.74, 6) is 1.99. The SMILES string of the molecule is CCNC(=NCc1cc(C(C)C)no1)NCC1(c2ccccc2C)CC1.I. The highest BCUT2D eigenvalue weighted by Gasteiger charge is 2.44. The third-order valence-electron chi connectivity index (χ3n) is 5.07. The average molecular weight is 482 g/mol. The molecule has 148 valence electrons. The molecular formula is C21H31IN4O. The van der Waals surface area contributed by atoms with Crippen LogP contribution in [0.3, 0.4) is 0 Å². The highest BCUT2D eigenvalue weighted by atomic mass is 127. The van der Waals surface area contributed by atoms with Gasteiger partial charge in [-0.3, -0.25) is 0 Å². The van der Waals surface area contributed by atoms with Gasteiger partial charge < -0.3 is 15.2 Å². The molecule has 1 heterocycles. The number of rotatable bonds is 7. The van der Waals surface area contributed by atoms with Gasteiger partial charge in [0.05, 0.1) is 5.69 Å². The molecule has 1 aliphatic carbocycles. The molecule has 2 aromatic rings. The molecule has 5 nitrogen and oxygen atoms in total. The summed E-state index contributed by atoms with van der Waals surface area (Å²) >= 11 is 0. The summed E-state index contributed by atoms with van der Waals surface area (Å²) in [5.41, 5.74) is 4.06. The summed E-state index contributed by atoms with van der Waals surface area (Å²) in [7, 11) is 0. The summed E-state index contributed by atoms with van der Waals surface area (Å²) in [5, 5.41) is 11.0. The average Bonchev–Trinajstić information content (AvgIpc) is 3.25. The summed E-state index contributed by atoms with van der Waals surface area (Å²) in [6.07, 6.45) is 2.45. The lowest BCUT2D eigenvalue weighted by molar-refractivity contribution is 0.376. The van der Waals surface area contributed by atoms with Crippen molar-refractivity contribution < 1.29 is 4.52 Å². The molecular weight excluding hydrogens is 451 g/mol. The van der Waals surface area contributed by atoms with Gasteiger partial charge >= 0.3 is 0 Å². The molecule has 0 bridgehead atoms. The van der Waals surface area contributed by atoms with Gasteiger partial charge in [-0.15, -0.1) is 24.0 Å². The van der Waals surface area contributed by atoms with E-state index >= 15 is 0 Å². The smallest absolute Gasteiger partial charge is 0.191 e. The van der Waals surface area contributed by atoms with E-state index in [0.29, 0.717) is 12.5 Å². The van der Waals surface area contributed by atoms with Gasteiger partial charge in [-0.1, -0.05) is 43.3 Å². The lowest BCUT2D eigenvalue weighted by Crippen LogP contribution is -2.41. The van der Waals surface area contributed by atoms with Crippen LogP contribution >= 0.6 is 24.0 Å². The number of guanidine groups is 1. The van der Waals surface area contributed by atoms with E-state index in [1.807, 2.05) is 6.07 Å². The molecule has 27 heavy (non-hydrogen) atoms. The van der Waals surface area contributed by atoms with Gasteiger partial charge in [0.2, 0.25) is 0 Å². The van der Waals surface area contributed by atoms with Crippen LogP contribution < -0.4 is 10.6 Å². The topological polar surface area (TPSA) is 62.5 Å². The summed E-state index contributed by atoms with van der Waals surface area (Å²) in [4.78, 5) is 4.66. The van der Waals surface area contributed by atoms with Gasteiger partial charge in [0.15, 0.2) is 11.7 Å². The van der Waals surface area contributed by atoms with Crippen molar-refractivity contribution in [2.45, 2.75) is 58.4 Å². The third kappa shape index (κ3) is 5.46. The lowest BCUT2D eigenvalue weighted by atomic mass is 9.92. The Morgan fingerprint density at radius 3 is 2.59 bits per heavy atom. The fourth-order valence-electron chi connectivity index (χ4n) is 3.29. The first-order valence-corrected chi connectivity index (χ1v) is 9.58. The number of hydrogen-bond acceptors (Lipinski definition) is 3. The zero-order valence-corrected chi connectivity index (χ0v) is 19.0. The molecule has 0 amide bonds. The van der Waals surface area contributed by atoms with Crippen molar-refractivity contribution in [2.75, 3.05) is 13.1 Å². The molecule has 1 aromatic carbocycles. The highest BCUT2D eigenvalue weighted by Crippen LogP contribution is 2.48. The van der Waals surface area contributed by atoms with Crippen molar-refractivity contribution in [3.63, 3.8) is 0 Å². The van der Waals surface area contributed by atoms with E-state index in [-0.39, 0.29) is 29.4 Å². The van der Waals surface area contributed by atoms with Gasteiger partial charge in [-0.05, 0) is 43.7 Å². The fourth-order valence-corrected chi connectivity index (χ4v) is 3.29. The zero-order valence-electron chi connectivity index (χ0n) is 16.7. The van der Waals surface area contributed by atoms with Gasteiger partial charge in [-0.25, -0.2) is 4.99 Å². The van der Waals surface area contributed by atoms with Gasteiger partial charge in [0.1, 0.15) is 6.54 Å². The summed E-state index contributed by atoms with van der Waals surface area (Å²) < 4.78 is 5.38. The maximum Gasteiger partial charge on any atom is 0.191 e. The quantitative estimate of drug-likeness (QED) is 0.346. The Hall–Kier alpha value is -1.57. The van der Waals surface area contributed by atoms with E-state index in [4.69, 9.17) is 4.52 Å². The second-order valence-electron chi connectivity index (χ2n) is 7.52. The van der Waals surface area contributed by atoms with Gasteiger partial charge in [0, 0.05) is 24.6 Å². The molecule has 1 fully saturated rings. The second kappa shape index (κ2) is 9.57. The number of hydrogen-bond donors (Lipinski definition) is 2. The molecule has 3 rings (SSSR count). The van der Waals surface area contributed by atoms with Crippen LogP contribution in [-0.4, -0.2) is 24.2 Å². The fraction of sp³-hybridized carbons (Fsp3) is 0.524. The first kappa shape index (κ1) is 21.7. The maximum absolute atomic E-state index is 5.38. The van der Waals surface area contributed by atoms with E-state index in [1.54, 1.807) is 0 Å². The molecule has 1 aliphatic rings. The number of aryl methyl sites for hydroxylation is 1. The number of aliphatic imine (C=N–C) groups is 1. The number of benzene rings is 1.